The zero-order chi connectivity index (χ0) is 20.9. The second-order valence-corrected chi connectivity index (χ2v) is 8.16. The van der Waals surface area contributed by atoms with Gasteiger partial charge in [0.15, 0.2) is 11.5 Å². The highest BCUT2D eigenvalue weighted by molar-refractivity contribution is 8.00. The summed E-state index contributed by atoms with van der Waals surface area (Å²) in [7, 11) is 0. The number of para-hydroxylation sites is 2. The molecule has 8 heteroatoms. The first-order valence-corrected chi connectivity index (χ1v) is 10.7. The first-order chi connectivity index (χ1) is 14.6. The zero-order valence-corrected chi connectivity index (χ0v) is 17.7. The van der Waals surface area contributed by atoms with Crippen LogP contribution in [-0.2, 0) is 11.3 Å². The molecule has 0 aliphatic carbocycles. The van der Waals surface area contributed by atoms with E-state index in [-0.39, 0.29) is 11.2 Å². The van der Waals surface area contributed by atoms with E-state index in [2.05, 4.69) is 10.2 Å². The van der Waals surface area contributed by atoms with Crippen LogP contribution in [0.25, 0.3) is 0 Å². The lowest BCUT2D eigenvalue weighted by molar-refractivity contribution is -0.130. The highest BCUT2D eigenvalue weighted by Gasteiger charge is 2.29. The molecule has 1 aromatic heterocycles. The maximum atomic E-state index is 12.9. The number of carbonyl (C=O) groups excluding carboxylic acids is 1. The van der Waals surface area contributed by atoms with Crippen molar-refractivity contribution in [3.63, 3.8) is 0 Å². The molecule has 2 unspecified atom stereocenters. The molecule has 1 aliphatic rings. The Labute approximate surface area is 179 Å². The lowest BCUT2D eigenvalue weighted by Gasteiger charge is -2.24. The van der Waals surface area contributed by atoms with Crippen molar-refractivity contribution in [2.45, 2.75) is 37.0 Å². The Morgan fingerprint density at radius 1 is 1.13 bits per heavy atom. The van der Waals surface area contributed by atoms with E-state index in [0.29, 0.717) is 42.3 Å². The molecule has 4 rings (SSSR count). The third-order valence-corrected chi connectivity index (χ3v) is 5.66. The van der Waals surface area contributed by atoms with Crippen molar-refractivity contribution in [1.82, 2.24) is 15.1 Å². The minimum absolute atomic E-state index is 0.0253. The average molecular weight is 426 g/mol. The van der Waals surface area contributed by atoms with Crippen molar-refractivity contribution >= 4 is 17.7 Å². The molecule has 0 fully saturated rings. The number of aromatic nitrogens is 2. The Kier molecular flexibility index (Phi) is 6.23. The number of amides is 1. The van der Waals surface area contributed by atoms with E-state index in [1.54, 1.807) is 0 Å². The molecular formula is C22H23N3O4S. The summed E-state index contributed by atoms with van der Waals surface area (Å²) >= 11 is 1.25. The van der Waals surface area contributed by atoms with Crippen LogP contribution >= 0.6 is 11.8 Å². The summed E-state index contributed by atoms with van der Waals surface area (Å²) in [5.41, 5.74) is 1.10. The quantitative estimate of drug-likeness (QED) is 0.527. The summed E-state index contributed by atoms with van der Waals surface area (Å²) in [5, 5.41) is 8.15. The summed E-state index contributed by atoms with van der Waals surface area (Å²) in [6.45, 7) is 5.31. The van der Waals surface area contributed by atoms with Crippen LogP contribution in [0.15, 0.2) is 64.2 Å². The van der Waals surface area contributed by atoms with Gasteiger partial charge in [-0.15, -0.1) is 10.2 Å². The third kappa shape index (κ3) is 4.59. The van der Waals surface area contributed by atoms with Crippen LogP contribution in [0.3, 0.4) is 0 Å². The standard InChI is InChI=1S/C22H23N3O4S/c1-3-25(13-16-9-5-4-6-10-16)21(26)15(2)30-22-24-23-20(29-22)19-14-27-17-11-7-8-12-18(17)28-19/h4-12,15,19H,3,13-14H2,1-2H3. The summed E-state index contributed by atoms with van der Waals surface area (Å²) < 4.78 is 17.4. The minimum atomic E-state index is -0.474. The van der Waals surface area contributed by atoms with Gasteiger partial charge >= 0.3 is 0 Å². The highest BCUT2D eigenvalue weighted by Crippen LogP contribution is 2.36. The zero-order valence-electron chi connectivity index (χ0n) is 16.9. The van der Waals surface area contributed by atoms with Crippen LogP contribution in [0, 0.1) is 0 Å². The van der Waals surface area contributed by atoms with Gasteiger partial charge in [-0.1, -0.05) is 54.2 Å². The van der Waals surface area contributed by atoms with Crippen LogP contribution in [-0.4, -0.2) is 39.4 Å². The van der Waals surface area contributed by atoms with Crippen LogP contribution in [0.1, 0.15) is 31.4 Å². The fraction of sp³-hybridized carbons (Fsp3) is 0.318. The molecule has 0 N–H and O–H groups in total. The van der Waals surface area contributed by atoms with Crippen molar-refractivity contribution in [3.05, 3.63) is 66.1 Å². The van der Waals surface area contributed by atoms with E-state index in [1.165, 1.54) is 11.8 Å². The molecule has 30 heavy (non-hydrogen) atoms. The van der Waals surface area contributed by atoms with Crippen molar-refractivity contribution in [1.29, 1.82) is 0 Å². The lowest BCUT2D eigenvalue weighted by atomic mass is 10.2. The maximum absolute atomic E-state index is 12.9. The highest BCUT2D eigenvalue weighted by atomic mass is 32.2. The number of hydrogen-bond donors (Lipinski definition) is 0. The molecule has 1 aliphatic heterocycles. The molecule has 0 saturated carbocycles. The Hall–Kier alpha value is -3.00. The molecule has 2 heterocycles. The number of thioether (sulfide) groups is 1. The first kappa shape index (κ1) is 20.3. The van der Waals surface area contributed by atoms with Gasteiger partial charge in [0.05, 0.1) is 5.25 Å². The molecule has 2 atom stereocenters. The summed E-state index contributed by atoms with van der Waals surface area (Å²) in [6, 6.07) is 17.4. The summed E-state index contributed by atoms with van der Waals surface area (Å²) in [5.74, 6) is 1.70. The topological polar surface area (TPSA) is 77.7 Å². The molecule has 156 valence electrons. The van der Waals surface area contributed by atoms with Gasteiger partial charge in [-0.2, -0.15) is 0 Å². The molecule has 0 saturated heterocycles. The number of hydrogen-bond acceptors (Lipinski definition) is 7. The fourth-order valence-corrected chi connectivity index (χ4v) is 3.92. The number of fused-ring (bicyclic) bond motifs is 1. The van der Waals surface area contributed by atoms with Crippen LogP contribution in [0.4, 0.5) is 0 Å². The Balaban J connectivity index is 1.37. The monoisotopic (exact) mass is 425 g/mol. The Bertz CT molecular complexity index is 995. The van der Waals surface area contributed by atoms with E-state index >= 15 is 0 Å². The molecule has 7 nitrogen and oxygen atoms in total. The molecule has 0 spiro atoms. The maximum Gasteiger partial charge on any atom is 0.277 e. The van der Waals surface area contributed by atoms with Crippen molar-refractivity contribution in [3.8, 4) is 11.5 Å². The van der Waals surface area contributed by atoms with Gasteiger partial charge in [0.25, 0.3) is 11.1 Å². The number of benzene rings is 2. The normalized spacial score (nSPS) is 16.1. The second kappa shape index (κ2) is 9.21. The van der Waals surface area contributed by atoms with E-state index in [9.17, 15) is 4.79 Å². The van der Waals surface area contributed by atoms with Gasteiger partial charge in [0.1, 0.15) is 6.61 Å². The lowest BCUT2D eigenvalue weighted by Crippen LogP contribution is -2.35. The largest absolute Gasteiger partial charge is 0.485 e. The van der Waals surface area contributed by atoms with E-state index in [1.807, 2.05) is 73.3 Å². The predicted octanol–water partition coefficient (Wildman–Crippen LogP) is 4.11. The predicted molar refractivity (Wildman–Crippen MR) is 112 cm³/mol. The van der Waals surface area contributed by atoms with E-state index in [4.69, 9.17) is 13.9 Å². The summed E-state index contributed by atoms with van der Waals surface area (Å²) in [4.78, 5) is 14.7. The first-order valence-electron chi connectivity index (χ1n) is 9.85. The van der Waals surface area contributed by atoms with Crippen molar-refractivity contribution < 1.29 is 18.7 Å². The number of ether oxygens (including phenoxy) is 2. The fourth-order valence-electron chi connectivity index (χ4n) is 3.15. The number of carbonyl (C=O) groups is 1. The van der Waals surface area contributed by atoms with Crippen molar-refractivity contribution in [2.75, 3.05) is 13.2 Å². The van der Waals surface area contributed by atoms with Crippen LogP contribution in [0.2, 0.25) is 0 Å². The molecule has 3 aromatic rings. The van der Waals surface area contributed by atoms with Gasteiger partial charge in [0.2, 0.25) is 12.0 Å². The number of nitrogens with zero attached hydrogens (tertiary/aromatic N) is 3. The molecule has 0 bridgehead atoms. The molecule has 1 amide bonds. The molecule has 2 aromatic carbocycles. The van der Waals surface area contributed by atoms with Gasteiger partial charge in [-0.25, -0.2) is 0 Å². The summed E-state index contributed by atoms with van der Waals surface area (Å²) in [6.07, 6.45) is -0.474. The SMILES string of the molecule is CCN(Cc1ccccc1)C(=O)C(C)Sc1nnc(C2COc3ccccc3O2)o1. The second-order valence-electron chi connectivity index (χ2n) is 6.87. The van der Waals surface area contributed by atoms with Gasteiger partial charge in [-0.3, -0.25) is 4.79 Å². The van der Waals surface area contributed by atoms with Gasteiger partial charge < -0.3 is 18.8 Å². The molecular weight excluding hydrogens is 402 g/mol. The van der Waals surface area contributed by atoms with Crippen LogP contribution < -0.4 is 9.47 Å². The smallest absolute Gasteiger partial charge is 0.277 e. The van der Waals surface area contributed by atoms with Gasteiger partial charge in [0, 0.05) is 13.1 Å². The van der Waals surface area contributed by atoms with Crippen molar-refractivity contribution in [2.24, 2.45) is 0 Å². The average Bonchev–Trinajstić information content (AvgIpc) is 3.25. The Morgan fingerprint density at radius 3 is 2.63 bits per heavy atom. The number of rotatable bonds is 7. The Morgan fingerprint density at radius 2 is 1.87 bits per heavy atom. The minimum Gasteiger partial charge on any atom is -0.485 e. The van der Waals surface area contributed by atoms with E-state index < -0.39 is 6.10 Å². The molecule has 0 radical (unpaired) electrons. The van der Waals surface area contributed by atoms with Crippen LogP contribution in [0.5, 0.6) is 11.5 Å². The van der Waals surface area contributed by atoms with Gasteiger partial charge in [-0.05, 0) is 31.5 Å². The third-order valence-electron chi connectivity index (χ3n) is 4.74. The van der Waals surface area contributed by atoms with E-state index in [0.717, 1.165) is 5.56 Å².